The van der Waals surface area contributed by atoms with Gasteiger partial charge in [-0.05, 0) is 0 Å². The van der Waals surface area contributed by atoms with Gasteiger partial charge in [0, 0.05) is 62.7 Å². The van der Waals surface area contributed by atoms with Gasteiger partial charge in [0.1, 0.15) is 23.3 Å². The third-order valence-electron chi connectivity index (χ3n) is 4.65. The Morgan fingerprint density at radius 3 is 1.13 bits per heavy atom. The van der Waals surface area contributed by atoms with Crippen LogP contribution in [0.3, 0.4) is 0 Å². The van der Waals surface area contributed by atoms with Crippen molar-refractivity contribution in [2.45, 2.75) is 32.3 Å². The molecule has 30 heavy (non-hydrogen) atoms. The molecule has 4 heterocycles. The zero-order valence-electron chi connectivity index (χ0n) is 16.6. The van der Waals surface area contributed by atoms with Crippen molar-refractivity contribution in [1.29, 1.82) is 0 Å². The lowest BCUT2D eigenvalue weighted by Crippen LogP contribution is -2.40. The lowest BCUT2D eigenvalue weighted by atomic mass is 10.2. The summed E-state index contributed by atoms with van der Waals surface area (Å²) < 4.78 is 0. The van der Waals surface area contributed by atoms with Crippen LogP contribution in [0.25, 0.3) is 0 Å². The number of nitrogens with one attached hydrogen (secondary N) is 4. The average Bonchev–Trinajstić information content (AvgIpc) is 3.51. The first-order chi connectivity index (χ1) is 14.7. The molecule has 0 unspecified atom stereocenters. The Labute approximate surface area is 173 Å². The molecule has 0 aliphatic rings. The van der Waals surface area contributed by atoms with E-state index in [1.165, 1.54) is 0 Å². The van der Waals surface area contributed by atoms with Crippen LogP contribution < -0.4 is 0 Å². The fraction of sp³-hybridized carbons (Fsp3) is 0.368. The van der Waals surface area contributed by atoms with E-state index in [1.807, 2.05) is 0 Å². The number of aliphatic hydroxyl groups excluding tert-OH is 1. The molecule has 4 aromatic heterocycles. The van der Waals surface area contributed by atoms with Crippen LogP contribution in [0.2, 0.25) is 0 Å². The molecule has 0 bridgehead atoms. The highest BCUT2D eigenvalue weighted by atomic mass is 16.3. The molecular weight excluding hydrogens is 384 g/mol. The summed E-state index contributed by atoms with van der Waals surface area (Å²) in [7, 11) is 0. The van der Waals surface area contributed by atoms with Crippen molar-refractivity contribution in [3.8, 4) is 0 Å². The highest BCUT2D eigenvalue weighted by molar-refractivity contribution is 4.93. The predicted molar refractivity (Wildman–Crippen MR) is 109 cm³/mol. The van der Waals surface area contributed by atoms with Gasteiger partial charge in [0.15, 0.2) is 0 Å². The molecule has 0 spiro atoms. The van der Waals surface area contributed by atoms with E-state index in [0.29, 0.717) is 39.3 Å². The minimum absolute atomic E-state index is 0.466. The number of hydrogen-bond acceptors (Lipinski definition) is 7. The van der Waals surface area contributed by atoms with E-state index in [-0.39, 0.29) is 0 Å². The maximum absolute atomic E-state index is 10.9. The maximum Gasteiger partial charge on any atom is 0.120 e. The quantitative estimate of drug-likeness (QED) is 0.231. The summed E-state index contributed by atoms with van der Waals surface area (Å²) in [6.07, 6.45) is 13.5. The first-order valence-corrected chi connectivity index (χ1v) is 9.80. The van der Waals surface area contributed by atoms with Gasteiger partial charge >= 0.3 is 0 Å². The Balaban J connectivity index is 1.40. The standard InChI is InChI=1S/C19H26N10O/c30-15(9-28(11-16-20-1-2-21-16)12-17-22-3-4-23-17)10-29(13-18-24-5-6-25-18)14-19-26-7-8-27-19/h1-8,15,30H,9-14H2,(H,20,21)(H,22,23)(H,24,25)(H,26,27). The van der Waals surface area contributed by atoms with Gasteiger partial charge in [-0.1, -0.05) is 0 Å². The number of imidazole rings is 4. The molecule has 0 atom stereocenters. The third-order valence-corrected chi connectivity index (χ3v) is 4.65. The summed E-state index contributed by atoms with van der Waals surface area (Å²) in [5.41, 5.74) is 0. The minimum atomic E-state index is -0.583. The molecule has 4 rings (SSSR count). The highest BCUT2D eigenvalue weighted by Crippen LogP contribution is 2.09. The summed E-state index contributed by atoms with van der Waals surface area (Å²) in [5.74, 6) is 3.38. The first-order valence-electron chi connectivity index (χ1n) is 9.80. The number of aliphatic hydroxyl groups is 1. The van der Waals surface area contributed by atoms with E-state index in [9.17, 15) is 5.11 Å². The Morgan fingerprint density at radius 2 is 0.900 bits per heavy atom. The molecule has 0 amide bonds. The van der Waals surface area contributed by atoms with Crippen molar-refractivity contribution in [2.75, 3.05) is 13.1 Å². The molecule has 0 fully saturated rings. The van der Waals surface area contributed by atoms with E-state index in [2.05, 4.69) is 49.7 Å². The first kappa shape index (κ1) is 20.0. The van der Waals surface area contributed by atoms with Crippen molar-refractivity contribution < 1.29 is 5.11 Å². The number of aromatic nitrogens is 8. The second-order valence-electron chi connectivity index (χ2n) is 7.14. The minimum Gasteiger partial charge on any atom is -0.390 e. The Bertz CT molecular complexity index is 783. The van der Waals surface area contributed by atoms with Gasteiger partial charge in [0.2, 0.25) is 0 Å². The second-order valence-corrected chi connectivity index (χ2v) is 7.14. The summed E-state index contributed by atoms with van der Waals surface area (Å²) >= 11 is 0. The van der Waals surface area contributed by atoms with Gasteiger partial charge in [0.25, 0.3) is 0 Å². The summed E-state index contributed by atoms with van der Waals surface area (Å²) in [6, 6.07) is 0. The van der Waals surface area contributed by atoms with Crippen LogP contribution in [0.1, 0.15) is 23.3 Å². The molecule has 0 aromatic carbocycles. The molecule has 158 valence electrons. The number of rotatable bonds is 12. The normalized spacial score (nSPS) is 11.9. The molecule has 5 N–H and O–H groups in total. The summed E-state index contributed by atoms with van der Waals surface area (Å²) in [4.78, 5) is 33.9. The summed E-state index contributed by atoms with van der Waals surface area (Å²) in [6.45, 7) is 3.27. The van der Waals surface area contributed by atoms with Crippen molar-refractivity contribution in [1.82, 2.24) is 49.7 Å². The average molecular weight is 410 g/mol. The molecule has 0 radical (unpaired) electrons. The van der Waals surface area contributed by atoms with E-state index < -0.39 is 6.10 Å². The lowest BCUT2D eigenvalue weighted by Gasteiger charge is -2.27. The Morgan fingerprint density at radius 1 is 0.600 bits per heavy atom. The van der Waals surface area contributed by atoms with Gasteiger partial charge < -0.3 is 25.0 Å². The SMILES string of the molecule is OC(CN(Cc1ncc[nH]1)Cc1ncc[nH]1)CN(Cc1ncc[nH]1)Cc1ncc[nH]1. The van der Waals surface area contributed by atoms with Crippen LogP contribution in [0, 0.1) is 0 Å². The van der Waals surface area contributed by atoms with Gasteiger partial charge in [-0.25, -0.2) is 19.9 Å². The highest BCUT2D eigenvalue weighted by Gasteiger charge is 2.19. The van der Waals surface area contributed by atoms with Crippen LogP contribution in [0.4, 0.5) is 0 Å². The van der Waals surface area contributed by atoms with Crippen molar-refractivity contribution in [2.24, 2.45) is 0 Å². The predicted octanol–water partition coefficient (Wildman–Crippen LogP) is 0.645. The second kappa shape index (κ2) is 9.96. The van der Waals surface area contributed by atoms with Crippen LogP contribution in [-0.4, -0.2) is 74.0 Å². The van der Waals surface area contributed by atoms with Crippen LogP contribution >= 0.6 is 0 Å². The molecule has 11 heteroatoms. The Kier molecular flexibility index (Phi) is 6.65. The molecule has 0 aliphatic heterocycles. The van der Waals surface area contributed by atoms with Gasteiger partial charge in [-0.3, -0.25) is 9.80 Å². The lowest BCUT2D eigenvalue weighted by molar-refractivity contribution is 0.0600. The monoisotopic (exact) mass is 410 g/mol. The largest absolute Gasteiger partial charge is 0.390 e. The number of nitrogens with zero attached hydrogens (tertiary/aromatic N) is 6. The molecule has 4 aromatic rings. The van der Waals surface area contributed by atoms with Crippen LogP contribution in [0.15, 0.2) is 49.6 Å². The van der Waals surface area contributed by atoms with Crippen molar-refractivity contribution in [3.63, 3.8) is 0 Å². The number of H-pyrrole nitrogens is 4. The van der Waals surface area contributed by atoms with E-state index in [0.717, 1.165) is 23.3 Å². The molecule has 0 aliphatic carbocycles. The number of hydrogen-bond donors (Lipinski definition) is 5. The van der Waals surface area contributed by atoms with Gasteiger partial charge in [0.05, 0.1) is 32.3 Å². The van der Waals surface area contributed by atoms with Crippen molar-refractivity contribution in [3.05, 3.63) is 72.9 Å². The van der Waals surface area contributed by atoms with Gasteiger partial charge in [-0.15, -0.1) is 0 Å². The maximum atomic E-state index is 10.9. The van der Waals surface area contributed by atoms with E-state index in [1.54, 1.807) is 49.6 Å². The smallest absolute Gasteiger partial charge is 0.120 e. The van der Waals surface area contributed by atoms with E-state index in [4.69, 9.17) is 0 Å². The van der Waals surface area contributed by atoms with Crippen molar-refractivity contribution >= 4 is 0 Å². The Hall–Kier alpha value is -3.28. The van der Waals surface area contributed by atoms with Gasteiger partial charge in [-0.2, -0.15) is 0 Å². The molecular formula is C19H26N10O. The molecule has 0 saturated heterocycles. The molecule has 0 saturated carbocycles. The van der Waals surface area contributed by atoms with Crippen LogP contribution in [-0.2, 0) is 26.2 Å². The fourth-order valence-electron chi connectivity index (χ4n) is 3.41. The molecule has 11 nitrogen and oxygen atoms in total. The zero-order valence-corrected chi connectivity index (χ0v) is 16.6. The zero-order chi connectivity index (χ0) is 20.6. The van der Waals surface area contributed by atoms with Crippen LogP contribution in [0.5, 0.6) is 0 Å². The van der Waals surface area contributed by atoms with E-state index >= 15 is 0 Å². The summed E-state index contributed by atoms with van der Waals surface area (Å²) in [5, 5.41) is 10.9. The number of aromatic amines is 4. The fourth-order valence-corrected chi connectivity index (χ4v) is 3.41. The topological polar surface area (TPSA) is 141 Å². The third kappa shape index (κ3) is 5.86.